The van der Waals surface area contributed by atoms with Crippen LogP contribution in [0.25, 0.3) is 0 Å². The Morgan fingerprint density at radius 2 is 2.16 bits per heavy atom. The molecule has 0 unspecified atom stereocenters. The van der Waals surface area contributed by atoms with Crippen molar-refractivity contribution in [2.75, 3.05) is 12.3 Å². The van der Waals surface area contributed by atoms with Crippen molar-refractivity contribution >= 4 is 11.6 Å². The van der Waals surface area contributed by atoms with Gasteiger partial charge in [0.2, 0.25) is 5.91 Å². The maximum absolute atomic E-state index is 12.3. The van der Waals surface area contributed by atoms with Gasteiger partial charge in [-0.2, -0.15) is 0 Å². The molecule has 0 spiro atoms. The zero-order chi connectivity index (χ0) is 14.0. The first kappa shape index (κ1) is 13.6. The summed E-state index contributed by atoms with van der Waals surface area (Å²) < 4.78 is 1.38. The largest absolute Gasteiger partial charge is 0.398 e. The molecule has 1 heterocycles. The molecule has 1 fully saturated rings. The number of amides is 1. The van der Waals surface area contributed by atoms with Crippen molar-refractivity contribution in [2.24, 2.45) is 5.92 Å². The number of nitrogens with two attached hydrogens (primary N) is 1. The summed E-state index contributed by atoms with van der Waals surface area (Å²) in [7, 11) is 0. The number of hydrogen-bond acceptors (Lipinski definition) is 3. The van der Waals surface area contributed by atoms with Gasteiger partial charge in [-0.25, -0.2) is 0 Å². The van der Waals surface area contributed by atoms with Crippen LogP contribution < -0.4 is 11.3 Å². The van der Waals surface area contributed by atoms with Crippen molar-refractivity contribution in [1.29, 1.82) is 0 Å². The smallest absolute Gasteiger partial charge is 0.251 e. The van der Waals surface area contributed by atoms with Crippen LogP contribution in [0, 0.1) is 5.92 Å². The van der Waals surface area contributed by atoms with E-state index in [1.807, 2.05) is 4.90 Å². The molecule has 0 bridgehead atoms. The summed E-state index contributed by atoms with van der Waals surface area (Å²) in [5.74, 6) is 0.436. The van der Waals surface area contributed by atoms with Crippen molar-refractivity contribution in [2.45, 2.75) is 39.3 Å². The highest BCUT2D eigenvalue weighted by molar-refractivity contribution is 5.76. The van der Waals surface area contributed by atoms with Crippen molar-refractivity contribution in [3.63, 3.8) is 0 Å². The fourth-order valence-electron chi connectivity index (χ4n) is 2.14. The quantitative estimate of drug-likeness (QED) is 0.864. The van der Waals surface area contributed by atoms with Crippen molar-refractivity contribution in [3.05, 3.63) is 28.7 Å². The van der Waals surface area contributed by atoms with Crippen LogP contribution in [0.5, 0.6) is 0 Å². The normalized spacial score (nSPS) is 14.7. The van der Waals surface area contributed by atoms with Gasteiger partial charge in [-0.15, -0.1) is 0 Å². The molecule has 0 atom stereocenters. The molecule has 1 aliphatic rings. The number of carbonyl (C=O) groups excluding carboxylic acids is 1. The van der Waals surface area contributed by atoms with E-state index in [0.717, 1.165) is 19.4 Å². The van der Waals surface area contributed by atoms with E-state index in [0.29, 0.717) is 17.6 Å². The van der Waals surface area contributed by atoms with Gasteiger partial charge >= 0.3 is 0 Å². The van der Waals surface area contributed by atoms with Crippen LogP contribution in [-0.2, 0) is 11.3 Å². The molecule has 2 rings (SSSR count). The standard InChI is InChI=1S/C14H21N3O2/c1-10(2)7-17(12-4-5-12)14(19)9-16-8-11(15)3-6-13(16)18/h3,6,8,10,12H,4-5,7,9,15H2,1-2H3. The summed E-state index contributed by atoms with van der Waals surface area (Å²) in [4.78, 5) is 25.9. The molecule has 104 valence electrons. The minimum atomic E-state index is -0.192. The van der Waals surface area contributed by atoms with Gasteiger partial charge in [-0.1, -0.05) is 13.8 Å². The molecule has 1 aromatic heterocycles. The maximum atomic E-state index is 12.3. The van der Waals surface area contributed by atoms with Crippen LogP contribution in [0.4, 0.5) is 5.69 Å². The Kier molecular flexibility index (Phi) is 3.93. The van der Waals surface area contributed by atoms with Crippen LogP contribution in [0.3, 0.4) is 0 Å². The minimum absolute atomic E-state index is 0.00361. The molecule has 0 aromatic carbocycles. The third-order valence-corrected chi connectivity index (χ3v) is 3.18. The summed E-state index contributed by atoms with van der Waals surface area (Å²) >= 11 is 0. The zero-order valence-corrected chi connectivity index (χ0v) is 11.5. The predicted octanol–water partition coefficient (Wildman–Crippen LogP) is 1.08. The Morgan fingerprint density at radius 3 is 2.74 bits per heavy atom. The third-order valence-electron chi connectivity index (χ3n) is 3.18. The molecule has 1 amide bonds. The van der Waals surface area contributed by atoms with Crippen LogP contribution in [0.2, 0.25) is 0 Å². The number of pyridine rings is 1. The van der Waals surface area contributed by atoms with E-state index in [-0.39, 0.29) is 18.0 Å². The van der Waals surface area contributed by atoms with Gasteiger partial charge in [0.05, 0.1) is 0 Å². The second-order valence-corrected chi connectivity index (χ2v) is 5.60. The van der Waals surface area contributed by atoms with E-state index < -0.39 is 0 Å². The Bertz CT molecular complexity index is 518. The van der Waals surface area contributed by atoms with Gasteiger partial charge in [0.15, 0.2) is 0 Å². The summed E-state index contributed by atoms with van der Waals surface area (Å²) in [6.45, 7) is 5.01. The first-order valence-corrected chi connectivity index (χ1v) is 6.73. The van der Waals surface area contributed by atoms with Gasteiger partial charge in [-0.3, -0.25) is 9.59 Å². The zero-order valence-electron chi connectivity index (χ0n) is 11.5. The van der Waals surface area contributed by atoms with Crippen LogP contribution >= 0.6 is 0 Å². The molecule has 2 N–H and O–H groups in total. The molecule has 1 aromatic rings. The highest BCUT2D eigenvalue weighted by Gasteiger charge is 2.32. The van der Waals surface area contributed by atoms with E-state index >= 15 is 0 Å². The van der Waals surface area contributed by atoms with E-state index in [9.17, 15) is 9.59 Å². The van der Waals surface area contributed by atoms with Gasteiger partial charge in [-0.05, 0) is 24.8 Å². The number of rotatable bonds is 5. The molecule has 5 nitrogen and oxygen atoms in total. The number of hydrogen-bond donors (Lipinski definition) is 1. The highest BCUT2D eigenvalue weighted by atomic mass is 16.2. The number of carbonyl (C=O) groups is 1. The lowest BCUT2D eigenvalue weighted by atomic mass is 10.2. The lowest BCUT2D eigenvalue weighted by Gasteiger charge is -2.24. The molecule has 5 heteroatoms. The first-order chi connectivity index (χ1) is 8.97. The maximum Gasteiger partial charge on any atom is 0.251 e. The van der Waals surface area contributed by atoms with Crippen LogP contribution in [0.15, 0.2) is 23.1 Å². The van der Waals surface area contributed by atoms with Gasteiger partial charge < -0.3 is 15.2 Å². The molecule has 0 saturated heterocycles. The minimum Gasteiger partial charge on any atom is -0.398 e. The van der Waals surface area contributed by atoms with Crippen LogP contribution in [0.1, 0.15) is 26.7 Å². The van der Waals surface area contributed by atoms with Gasteiger partial charge in [0, 0.05) is 30.5 Å². The van der Waals surface area contributed by atoms with Gasteiger partial charge in [0.1, 0.15) is 6.54 Å². The lowest BCUT2D eigenvalue weighted by Crippen LogP contribution is -2.39. The van der Waals surface area contributed by atoms with E-state index in [1.54, 1.807) is 6.07 Å². The average Bonchev–Trinajstić information content (AvgIpc) is 3.14. The Balaban J connectivity index is 2.10. The van der Waals surface area contributed by atoms with Crippen molar-refractivity contribution < 1.29 is 4.79 Å². The lowest BCUT2D eigenvalue weighted by molar-refractivity contribution is -0.133. The summed E-state index contributed by atoms with van der Waals surface area (Å²) in [6, 6.07) is 3.31. The first-order valence-electron chi connectivity index (χ1n) is 6.73. The number of nitrogens with zero attached hydrogens (tertiary/aromatic N) is 2. The average molecular weight is 263 g/mol. The van der Waals surface area contributed by atoms with E-state index in [4.69, 9.17) is 5.73 Å². The second kappa shape index (κ2) is 5.47. The van der Waals surface area contributed by atoms with Crippen molar-refractivity contribution in [3.8, 4) is 0 Å². The van der Waals surface area contributed by atoms with E-state index in [1.165, 1.54) is 16.8 Å². The van der Waals surface area contributed by atoms with Gasteiger partial charge in [0.25, 0.3) is 5.56 Å². The second-order valence-electron chi connectivity index (χ2n) is 5.60. The highest BCUT2D eigenvalue weighted by Crippen LogP contribution is 2.27. The van der Waals surface area contributed by atoms with E-state index in [2.05, 4.69) is 13.8 Å². The summed E-state index contributed by atoms with van der Waals surface area (Å²) in [5.41, 5.74) is 5.95. The number of aromatic nitrogens is 1. The van der Waals surface area contributed by atoms with Crippen LogP contribution in [-0.4, -0.2) is 28.0 Å². The molecule has 0 radical (unpaired) electrons. The predicted molar refractivity (Wildman–Crippen MR) is 74.7 cm³/mol. The topological polar surface area (TPSA) is 68.3 Å². The molecule has 0 aliphatic heterocycles. The van der Waals surface area contributed by atoms with Crippen molar-refractivity contribution in [1.82, 2.24) is 9.47 Å². The molecular formula is C14H21N3O2. The Hall–Kier alpha value is -1.78. The Labute approximate surface area is 113 Å². The molecule has 1 aliphatic carbocycles. The summed E-state index contributed by atoms with van der Waals surface area (Å²) in [5, 5.41) is 0. The summed E-state index contributed by atoms with van der Waals surface area (Å²) in [6.07, 6.45) is 3.68. The number of nitrogen functional groups attached to an aromatic ring is 1. The number of anilines is 1. The fourth-order valence-corrected chi connectivity index (χ4v) is 2.14. The SMILES string of the molecule is CC(C)CN(C(=O)Cn1cc(N)ccc1=O)C1CC1. The molecule has 19 heavy (non-hydrogen) atoms. The monoisotopic (exact) mass is 263 g/mol. The molecule has 1 saturated carbocycles. The Morgan fingerprint density at radius 1 is 1.47 bits per heavy atom. The third kappa shape index (κ3) is 3.59. The molecular weight excluding hydrogens is 242 g/mol. The fraction of sp³-hybridized carbons (Fsp3) is 0.571.